The van der Waals surface area contributed by atoms with Gasteiger partial charge >= 0.3 is 0 Å². The van der Waals surface area contributed by atoms with Crippen LogP contribution in [-0.4, -0.2) is 12.3 Å². The maximum atomic E-state index is 5.52. The number of nitrogens with two attached hydrogens (primary N) is 1. The first-order valence-electron chi connectivity index (χ1n) is 4.86. The Balaban J connectivity index is 2.53. The van der Waals surface area contributed by atoms with Crippen LogP contribution >= 0.6 is 11.3 Å². The molecule has 0 spiro atoms. The van der Waals surface area contributed by atoms with Gasteiger partial charge in [-0.2, -0.15) is 5.10 Å². The van der Waals surface area contributed by atoms with Gasteiger partial charge < -0.3 is 5.73 Å². The monoisotopic (exact) mass is 223 g/mol. The molecule has 0 amide bonds. The van der Waals surface area contributed by atoms with Gasteiger partial charge in [-0.15, -0.1) is 11.3 Å². The van der Waals surface area contributed by atoms with Crippen molar-refractivity contribution in [3.05, 3.63) is 28.1 Å². The molecular weight excluding hydrogens is 206 g/mol. The normalized spacial score (nSPS) is 14.5. The standard InChI is InChI=1S/C11H17N3S/c1-8(5-13-14-6-9(2)12)11-4-10(3)15-7-11/h4-7,9,13H,12H2,1-3H3/b8-5+,14-6+/t9-/m0/s1. The fourth-order valence-corrected chi connectivity index (χ4v) is 1.79. The Kier molecular flexibility index (Phi) is 4.52. The number of hydrogen-bond acceptors (Lipinski definition) is 4. The van der Waals surface area contributed by atoms with Gasteiger partial charge in [-0.25, -0.2) is 0 Å². The van der Waals surface area contributed by atoms with Crippen LogP contribution in [0.2, 0.25) is 0 Å². The van der Waals surface area contributed by atoms with Crippen LogP contribution < -0.4 is 11.2 Å². The third kappa shape index (κ3) is 4.27. The van der Waals surface area contributed by atoms with Gasteiger partial charge in [0.05, 0.1) is 0 Å². The van der Waals surface area contributed by atoms with E-state index in [2.05, 4.69) is 35.8 Å². The Morgan fingerprint density at radius 3 is 2.93 bits per heavy atom. The fourth-order valence-electron chi connectivity index (χ4n) is 1.03. The SMILES string of the molecule is C/C(=C\N/N=C/[C@H](C)N)c1csc(C)c1. The summed E-state index contributed by atoms with van der Waals surface area (Å²) in [5.74, 6) is 0. The lowest BCUT2D eigenvalue weighted by atomic mass is 10.2. The third-order valence-corrected chi connectivity index (χ3v) is 2.71. The molecule has 0 aromatic carbocycles. The molecule has 0 bridgehead atoms. The molecule has 0 radical (unpaired) electrons. The summed E-state index contributed by atoms with van der Waals surface area (Å²) in [6.45, 7) is 6.03. The van der Waals surface area contributed by atoms with Gasteiger partial charge in [0.2, 0.25) is 0 Å². The molecule has 1 aromatic rings. The number of thiophene rings is 1. The van der Waals surface area contributed by atoms with Gasteiger partial charge in [0, 0.05) is 23.3 Å². The quantitative estimate of drug-likeness (QED) is 0.608. The summed E-state index contributed by atoms with van der Waals surface area (Å²) in [7, 11) is 0. The molecule has 3 N–H and O–H groups in total. The smallest absolute Gasteiger partial charge is 0.0411 e. The zero-order valence-electron chi connectivity index (χ0n) is 9.32. The molecule has 0 saturated carbocycles. The number of nitrogens with one attached hydrogen (secondary N) is 1. The minimum absolute atomic E-state index is 0.0189. The third-order valence-electron chi connectivity index (χ3n) is 1.85. The van der Waals surface area contributed by atoms with E-state index in [4.69, 9.17) is 5.73 Å². The number of hydrogen-bond donors (Lipinski definition) is 2. The van der Waals surface area contributed by atoms with Gasteiger partial charge in [-0.3, -0.25) is 5.43 Å². The Morgan fingerprint density at radius 2 is 2.40 bits per heavy atom. The number of nitrogens with zero attached hydrogens (tertiary/aromatic N) is 1. The highest BCUT2D eigenvalue weighted by Crippen LogP contribution is 2.19. The second-order valence-corrected chi connectivity index (χ2v) is 4.66. The van der Waals surface area contributed by atoms with Crippen molar-refractivity contribution in [1.82, 2.24) is 5.43 Å². The summed E-state index contributed by atoms with van der Waals surface area (Å²) in [4.78, 5) is 1.32. The number of hydrazone groups is 1. The zero-order valence-corrected chi connectivity index (χ0v) is 10.1. The van der Waals surface area contributed by atoms with Crippen molar-refractivity contribution >= 4 is 23.1 Å². The predicted molar refractivity (Wildman–Crippen MR) is 68.0 cm³/mol. The second kappa shape index (κ2) is 5.68. The molecule has 0 aliphatic carbocycles. The van der Waals surface area contributed by atoms with Gasteiger partial charge in [0.25, 0.3) is 0 Å². The molecule has 4 heteroatoms. The van der Waals surface area contributed by atoms with Crippen LogP contribution in [0.15, 0.2) is 22.7 Å². The molecule has 0 unspecified atom stereocenters. The molecule has 82 valence electrons. The molecule has 0 aliphatic rings. The molecular formula is C11H17N3S. The number of allylic oxidation sites excluding steroid dienone is 1. The molecule has 1 rings (SSSR count). The first-order chi connectivity index (χ1) is 7.09. The highest BCUT2D eigenvalue weighted by Gasteiger charge is 1.97. The molecule has 1 heterocycles. The first kappa shape index (κ1) is 11.9. The van der Waals surface area contributed by atoms with Crippen LogP contribution in [0.3, 0.4) is 0 Å². The Bertz CT molecular complexity index is 364. The van der Waals surface area contributed by atoms with E-state index in [-0.39, 0.29) is 6.04 Å². The zero-order chi connectivity index (χ0) is 11.3. The van der Waals surface area contributed by atoms with Crippen molar-refractivity contribution in [3.8, 4) is 0 Å². The van der Waals surface area contributed by atoms with E-state index in [0.29, 0.717) is 0 Å². The average Bonchev–Trinajstić information content (AvgIpc) is 2.59. The minimum Gasteiger partial charge on any atom is -0.323 e. The maximum absolute atomic E-state index is 5.52. The van der Waals surface area contributed by atoms with Crippen LogP contribution in [0.25, 0.3) is 5.57 Å². The molecule has 0 fully saturated rings. The molecule has 1 aromatic heterocycles. The van der Waals surface area contributed by atoms with Crippen molar-refractivity contribution in [2.75, 3.05) is 0 Å². The van der Waals surface area contributed by atoms with E-state index in [1.54, 1.807) is 17.6 Å². The van der Waals surface area contributed by atoms with Gasteiger partial charge in [0.1, 0.15) is 0 Å². The topological polar surface area (TPSA) is 50.4 Å². The lowest BCUT2D eigenvalue weighted by Gasteiger charge is -1.98. The summed E-state index contributed by atoms with van der Waals surface area (Å²) < 4.78 is 0. The van der Waals surface area contributed by atoms with Crippen LogP contribution in [0.1, 0.15) is 24.3 Å². The van der Waals surface area contributed by atoms with Crippen molar-refractivity contribution in [2.45, 2.75) is 26.8 Å². The first-order valence-corrected chi connectivity index (χ1v) is 5.74. The van der Waals surface area contributed by atoms with Gasteiger partial charge in [-0.05, 0) is 43.4 Å². The molecule has 3 nitrogen and oxygen atoms in total. The summed E-state index contributed by atoms with van der Waals surface area (Å²) in [5, 5.41) is 6.11. The lowest BCUT2D eigenvalue weighted by Crippen LogP contribution is -2.17. The van der Waals surface area contributed by atoms with Crippen LogP contribution in [0.5, 0.6) is 0 Å². The van der Waals surface area contributed by atoms with Crippen LogP contribution in [0.4, 0.5) is 0 Å². The van der Waals surface area contributed by atoms with E-state index in [1.807, 2.05) is 13.1 Å². The molecule has 0 saturated heterocycles. The van der Waals surface area contributed by atoms with E-state index < -0.39 is 0 Å². The predicted octanol–water partition coefficient (Wildman–Crippen LogP) is 2.34. The van der Waals surface area contributed by atoms with Crippen molar-refractivity contribution in [2.24, 2.45) is 10.8 Å². The summed E-state index contributed by atoms with van der Waals surface area (Å²) in [5.41, 5.74) is 10.8. The number of rotatable bonds is 4. The Hall–Kier alpha value is -1.13. The summed E-state index contributed by atoms with van der Waals surface area (Å²) in [6, 6.07) is 2.14. The number of aryl methyl sites for hydroxylation is 1. The maximum Gasteiger partial charge on any atom is 0.0411 e. The Morgan fingerprint density at radius 1 is 1.67 bits per heavy atom. The Labute approximate surface area is 94.7 Å². The van der Waals surface area contributed by atoms with E-state index in [9.17, 15) is 0 Å². The van der Waals surface area contributed by atoms with Crippen molar-refractivity contribution in [3.63, 3.8) is 0 Å². The van der Waals surface area contributed by atoms with E-state index >= 15 is 0 Å². The largest absolute Gasteiger partial charge is 0.323 e. The van der Waals surface area contributed by atoms with Crippen LogP contribution in [-0.2, 0) is 0 Å². The molecule has 0 aliphatic heterocycles. The van der Waals surface area contributed by atoms with Gasteiger partial charge in [-0.1, -0.05) is 0 Å². The second-order valence-electron chi connectivity index (χ2n) is 3.54. The van der Waals surface area contributed by atoms with Gasteiger partial charge in [0.15, 0.2) is 0 Å². The fraction of sp³-hybridized carbons (Fsp3) is 0.364. The van der Waals surface area contributed by atoms with Crippen molar-refractivity contribution in [1.29, 1.82) is 0 Å². The minimum atomic E-state index is -0.0189. The molecule has 15 heavy (non-hydrogen) atoms. The van der Waals surface area contributed by atoms with E-state index in [0.717, 1.165) is 0 Å². The average molecular weight is 223 g/mol. The lowest BCUT2D eigenvalue weighted by molar-refractivity contribution is 0.926. The highest BCUT2D eigenvalue weighted by atomic mass is 32.1. The van der Waals surface area contributed by atoms with Crippen LogP contribution in [0, 0.1) is 6.92 Å². The highest BCUT2D eigenvalue weighted by molar-refractivity contribution is 7.10. The summed E-state index contributed by atoms with van der Waals surface area (Å²) >= 11 is 1.75. The van der Waals surface area contributed by atoms with E-state index in [1.165, 1.54) is 16.0 Å². The summed E-state index contributed by atoms with van der Waals surface area (Å²) in [6.07, 6.45) is 3.54. The molecule has 1 atom stereocenters. The van der Waals surface area contributed by atoms with Crippen molar-refractivity contribution < 1.29 is 0 Å².